The first kappa shape index (κ1) is 18.2. The van der Waals surface area contributed by atoms with Crippen molar-refractivity contribution in [1.82, 2.24) is 24.4 Å². The van der Waals surface area contributed by atoms with E-state index in [1.807, 2.05) is 23.8 Å². The number of aromatic nitrogens is 4. The van der Waals surface area contributed by atoms with Gasteiger partial charge in [0.2, 0.25) is 0 Å². The van der Waals surface area contributed by atoms with Gasteiger partial charge in [0.05, 0.1) is 9.90 Å². The topological polar surface area (TPSA) is 67.2 Å². The Morgan fingerprint density at radius 2 is 1.85 bits per heavy atom. The molecule has 7 nitrogen and oxygen atoms in total. The highest BCUT2D eigenvalue weighted by Gasteiger charge is 2.26. The maximum Gasteiger partial charge on any atom is 0.256 e. The number of thiophene rings is 1. The fraction of sp³-hybridized carbons (Fsp3) is 0.294. The second-order valence-electron chi connectivity index (χ2n) is 6.12. The minimum absolute atomic E-state index is 0.0826. The lowest BCUT2D eigenvalue weighted by Gasteiger charge is -2.35. The number of anilines is 1. The number of carbonyl (C=O) groups is 1. The number of rotatable bonds is 3. The second-order valence-corrected chi connectivity index (χ2v) is 8.40. The predicted molar refractivity (Wildman–Crippen MR) is 106 cm³/mol. The van der Waals surface area contributed by atoms with Crippen LogP contribution in [-0.2, 0) is 0 Å². The molecular formula is C17H16Cl2N6OS. The molecule has 4 rings (SSSR count). The number of carbonyl (C=O) groups excluding carboxylic acids is 1. The Kier molecular flexibility index (Phi) is 5.03. The predicted octanol–water partition coefficient (Wildman–Crippen LogP) is 3.30. The molecular weight excluding hydrogens is 407 g/mol. The molecule has 1 amide bonds. The molecule has 0 aliphatic carbocycles. The molecule has 1 aliphatic heterocycles. The molecule has 3 aromatic rings. The van der Waals surface area contributed by atoms with Crippen LogP contribution < -0.4 is 4.90 Å². The maximum absolute atomic E-state index is 12.7. The number of halogens is 2. The second kappa shape index (κ2) is 7.46. The number of aryl methyl sites for hydroxylation is 1. The summed E-state index contributed by atoms with van der Waals surface area (Å²) in [6.07, 6.45) is 5.26. The first-order valence-electron chi connectivity index (χ1n) is 8.34. The number of hydrogen-bond acceptors (Lipinski definition) is 6. The highest BCUT2D eigenvalue weighted by molar-refractivity contribution is 7.20. The van der Waals surface area contributed by atoms with Crippen LogP contribution in [0.2, 0.25) is 8.67 Å². The van der Waals surface area contributed by atoms with Gasteiger partial charge in [-0.15, -0.1) is 11.3 Å². The summed E-state index contributed by atoms with van der Waals surface area (Å²) in [6, 6.07) is 3.57. The van der Waals surface area contributed by atoms with Crippen molar-refractivity contribution in [3.8, 4) is 5.82 Å². The van der Waals surface area contributed by atoms with Gasteiger partial charge in [-0.3, -0.25) is 9.36 Å². The van der Waals surface area contributed by atoms with Crippen molar-refractivity contribution in [2.75, 3.05) is 31.1 Å². The van der Waals surface area contributed by atoms with E-state index in [4.69, 9.17) is 23.2 Å². The normalized spacial score (nSPS) is 14.6. The third-order valence-corrected chi connectivity index (χ3v) is 5.85. The standard InChI is InChI=1S/C17H16Cl2N6OS/c1-11-21-14(9-15(22-11)25-3-2-20-10-25)23-4-6-24(7-5-23)17(26)12-8-13(18)27-16(12)19/h2-3,8-10H,4-7H2,1H3. The zero-order valence-electron chi connectivity index (χ0n) is 14.5. The smallest absolute Gasteiger partial charge is 0.256 e. The summed E-state index contributed by atoms with van der Waals surface area (Å²) in [4.78, 5) is 29.7. The van der Waals surface area contributed by atoms with Crippen molar-refractivity contribution in [2.24, 2.45) is 0 Å². The molecule has 4 heterocycles. The maximum atomic E-state index is 12.7. The highest BCUT2D eigenvalue weighted by atomic mass is 35.5. The molecule has 0 spiro atoms. The molecule has 0 radical (unpaired) electrons. The van der Waals surface area contributed by atoms with Crippen molar-refractivity contribution in [3.05, 3.63) is 50.9 Å². The molecule has 0 bridgehead atoms. The fourth-order valence-corrected chi connectivity index (χ4v) is 4.47. The van der Waals surface area contributed by atoms with Crippen LogP contribution in [0, 0.1) is 6.92 Å². The summed E-state index contributed by atoms with van der Waals surface area (Å²) in [5.74, 6) is 2.22. The molecule has 10 heteroatoms. The summed E-state index contributed by atoms with van der Waals surface area (Å²) in [7, 11) is 0. The van der Waals surface area contributed by atoms with E-state index in [1.54, 1.807) is 23.5 Å². The van der Waals surface area contributed by atoms with Crippen molar-refractivity contribution in [2.45, 2.75) is 6.92 Å². The number of nitrogens with zero attached hydrogens (tertiary/aromatic N) is 6. The number of amides is 1. The number of hydrogen-bond donors (Lipinski definition) is 0. The lowest BCUT2D eigenvalue weighted by atomic mass is 10.2. The van der Waals surface area contributed by atoms with Gasteiger partial charge < -0.3 is 9.80 Å². The lowest BCUT2D eigenvalue weighted by Crippen LogP contribution is -2.49. The van der Waals surface area contributed by atoms with Crippen LogP contribution in [-0.4, -0.2) is 56.5 Å². The Hall–Kier alpha value is -2.16. The van der Waals surface area contributed by atoms with E-state index < -0.39 is 0 Å². The summed E-state index contributed by atoms with van der Waals surface area (Å²) < 4.78 is 2.80. The molecule has 0 unspecified atom stereocenters. The van der Waals surface area contributed by atoms with Gasteiger partial charge in [0.1, 0.15) is 28.1 Å². The average molecular weight is 423 g/mol. The van der Waals surface area contributed by atoms with Gasteiger partial charge in [0, 0.05) is 44.6 Å². The number of piperazine rings is 1. The monoisotopic (exact) mass is 422 g/mol. The van der Waals surface area contributed by atoms with E-state index in [2.05, 4.69) is 19.9 Å². The van der Waals surface area contributed by atoms with E-state index in [0.717, 1.165) is 11.6 Å². The van der Waals surface area contributed by atoms with Crippen molar-refractivity contribution in [1.29, 1.82) is 0 Å². The molecule has 27 heavy (non-hydrogen) atoms. The van der Waals surface area contributed by atoms with Gasteiger partial charge in [-0.1, -0.05) is 23.2 Å². The van der Waals surface area contributed by atoms with Gasteiger partial charge in [-0.25, -0.2) is 15.0 Å². The quantitative estimate of drug-likeness (QED) is 0.647. The molecule has 0 atom stereocenters. The Labute approximate surface area is 170 Å². The summed E-state index contributed by atoms with van der Waals surface area (Å²) in [5.41, 5.74) is 0.473. The minimum atomic E-state index is -0.0826. The molecule has 3 aromatic heterocycles. The van der Waals surface area contributed by atoms with E-state index >= 15 is 0 Å². The van der Waals surface area contributed by atoms with Crippen LogP contribution in [0.15, 0.2) is 30.9 Å². The van der Waals surface area contributed by atoms with E-state index in [1.165, 1.54) is 11.3 Å². The molecule has 1 fully saturated rings. The van der Waals surface area contributed by atoms with Crippen LogP contribution in [0.3, 0.4) is 0 Å². The molecule has 1 saturated heterocycles. The number of imidazole rings is 1. The van der Waals surface area contributed by atoms with Gasteiger partial charge in [-0.05, 0) is 13.0 Å². The van der Waals surface area contributed by atoms with Crippen LogP contribution >= 0.6 is 34.5 Å². The van der Waals surface area contributed by atoms with E-state index in [0.29, 0.717) is 46.2 Å². The third kappa shape index (κ3) is 3.78. The van der Waals surface area contributed by atoms with E-state index in [9.17, 15) is 4.79 Å². The Balaban J connectivity index is 1.48. The lowest BCUT2D eigenvalue weighted by molar-refractivity contribution is 0.0747. The molecule has 0 saturated carbocycles. The van der Waals surface area contributed by atoms with Gasteiger partial charge in [-0.2, -0.15) is 0 Å². The zero-order chi connectivity index (χ0) is 19.0. The summed E-state index contributed by atoms with van der Waals surface area (Å²) in [5, 5.41) is 0. The Morgan fingerprint density at radius 1 is 1.11 bits per heavy atom. The van der Waals surface area contributed by atoms with Gasteiger partial charge in [0.25, 0.3) is 5.91 Å². The SMILES string of the molecule is Cc1nc(N2CCN(C(=O)c3cc(Cl)sc3Cl)CC2)cc(-n2ccnc2)n1. The third-order valence-electron chi connectivity index (χ3n) is 4.36. The first-order chi connectivity index (χ1) is 13.0. The van der Waals surface area contributed by atoms with Crippen LogP contribution in [0.25, 0.3) is 5.82 Å². The molecule has 1 aliphatic rings. The first-order valence-corrected chi connectivity index (χ1v) is 9.91. The molecule has 0 N–H and O–H groups in total. The summed E-state index contributed by atoms with van der Waals surface area (Å²) >= 11 is 13.3. The minimum Gasteiger partial charge on any atom is -0.353 e. The Bertz CT molecular complexity index is 966. The van der Waals surface area contributed by atoms with Crippen molar-refractivity contribution >= 4 is 46.3 Å². The molecule has 0 aromatic carbocycles. The zero-order valence-corrected chi connectivity index (χ0v) is 16.8. The van der Waals surface area contributed by atoms with Gasteiger partial charge >= 0.3 is 0 Å². The van der Waals surface area contributed by atoms with Crippen LogP contribution in [0.1, 0.15) is 16.2 Å². The van der Waals surface area contributed by atoms with Crippen molar-refractivity contribution in [3.63, 3.8) is 0 Å². The fourth-order valence-electron chi connectivity index (χ4n) is 3.02. The van der Waals surface area contributed by atoms with Crippen molar-refractivity contribution < 1.29 is 4.79 Å². The largest absolute Gasteiger partial charge is 0.353 e. The van der Waals surface area contributed by atoms with Gasteiger partial charge in [0.15, 0.2) is 0 Å². The Morgan fingerprint density at radius 3 is 2.48 bits per heavy atom. The van der Waals surface area contributed by atoms with Crippen LogP contribution in [0.4, 0.5) is 5.82 Å². The van der Waals surface area contributed by atoms with Crippen LogP contribution in [0.5, 0.6) is 0 Å². The molecule has 140 valence electrons. The van der Waals surface area contributed by atoms with E-state index in [-0.39, 0.29) is 5.91 Å². The summed E-state index contributed by atoms with van der Waals surface area (Å²) in [6.45, 7) is 4.41. The average Bonchev–Trinajstić information content (AvgIpc) is 3.30. The highest BCUT2D eigenvalue weighted by Crippen LogP contribution is 2.32.